The van der Waals surface area contributed by atoms with Crippen LogP contribution < -0.4 is 0 Å². The van der Waals surface area contributed by atoms with E-state index in [4.69, 9.17) is 37.9 Å². The smallest absolute Gasteiger partial charge is 0.340 e. The highest BCUT2D eigenvalue weighted by Gasteiger charge is 2.91. The summed E-state index contributed by atoms with van der Waals surface area (Å²) in [6.07, 6.45) is -11.7. The van der Waals surface area contributed by atoms with Crippen molar-refractivity contribution in [1.29, 1.82) is 0 Å². The van der Waals surface area contributed by atoms with Gasteiger partial charge in [0.05, 0.1) is 17.2 Å². The molecule has 0 radical (unpaired) electrons. The van der Waals surface area contributed by atoms with Crippen molar-refractivity contribution < 1.29 is 86.8 Å². The number of aryl methyl sites for hydroxylation is 1. The van der Waals surface area contributed by atoms with Gasteiger partial charge in [-0.05, 0) is 45.7 Å². The Bertz CT molecular complexity index is 1780. The molecule has 2 saturated carbocycles. The maximum Gasteiger partial charge on any atom is 0.340 e. The van der Waals surface area contributed by atoms with E-state index in [1.807, 2.05) is 0 Å². The van der Waals surface area contributed by atoms with E-state index < -0.39 is 132 Å². The van der Waals surface area contributed by atoms with Crippen molar-refractivity contribution in [1.82, 2.24) is 4.98 Å². The van der Waals surface area contributed by atoms with Gasteiger partial charge < -0.3 is 53.2 Å². The highest BCUT2D eigenvalue weighted by atomic mass is 16.7. The van der Waals surface area contributed by atoms with Crippen molar-refractivity contribution in [3.8, 4) is 0 Å². The van der Waals surface area contributed by atoms with Gasteiger partial charge in [0.15, 0.2) is 23.4 Å². The second kappa shape index (κ2) is 14.4. The largest absolute Gasteiger partial charge is 0.465 e. The molecule has 1 aromatic heterocycles. The second-order valence-corrected chi connectivity index (χ2v) is 15.0. The first kappa shape index (κ1) is 41.4. The molecular weight excluding hydrogens is 734 g/mol. The van der Waals surface area contributed by atoms with E-state index in [0.717, 1.165) is 48.5 Å². The van der Waals surface area contributed by atoms with Crippen molar-refractivity contribution in [3.63, 3.8) is 0 Å². The zero-order valence-electron chi connectivity index (χ0n) is 31.5. The lowest BCUT2D eigenvalue weighted by Gasteiger charge is -2.67. The van der Waals surface area contributed by atoms with Gasteiger partial charge in [-0.25, -0.2) is 9.59 Å². The fourth-order valence-corrected chi connectivity index (χ4v) is 8.87. The molecule has 55 heavy (non-hydrogen) atoms. The van der Waals surface area contributed by atoms with Gasteiger partial charge in [0.1, 0.15) is 54.2 Å². The Morgan fingerprint density at radius 1 is 0.855 bits per heavy atom. The number of carbonyl (C=O) groups excluding carboxylic acids is 7. The Balaban J connectivity index is 1.95. The molecule has 1 saturated heterocycles. The van der Waals surface area contributed by atoms with Crippen molar-refractivity contribution in [2.75, 3.05) is 13.2 Å². The van der Waals surface area contributed by atoms with Gasteiger partial charge in [-0.1, -0.05) is 0 Å². The van der Waals surface area contributed by atoms with Crippen LogP contribution in [0.3, 0.4) is 0 Å². The number of rotatable bonds is 6. The molecule has 12 atom stereocenters. The zero-order valence-corrected chi connectivity index (χ0v) is 31.5. The number of pyridine rings is 1. The average Bonchev–Trinajstić information content (AvgIpc) is 3.29. The van der Waals surface area contributed by atoms with E-state index in [1.165, 1.54) is 25.3 Å². The number of aliphatic hydroxyl groups excluding tert-OH is 1. The number of nitrogens with zero attached hydrogens (tertiary/aromatic N) is 1. The molecule has 2 aliphatic carbocycles. The molecular formula is C36H45NO18. The third-order valence-electron chi connectivity index (χ3n) is 10.9. The van der Waals surface area contributed by atoms with E-state index in [0.29, 0.717) is 0 Å². The fourth-order valence-electron chi connectivity index (χ4n) is 8.87. The summed E-state index contributed by atoms with van der Waals surface area (Å²) in [6, 6.07) is 2.82. The highest BCUT2D eigenvalue weighted by Crippen LogP contribution is 2.70. The van der Waals surface area contributed by atoms with Crippen LogP contribution in [-0.2, 0) is 73.1 Å². The van der Waals surface area contributed by atoms with Crippen LogP contribution in [0.5, 0.6) is 0 Å². The first-order valence-corrected chi connectivity index (χ1v) is 17.4. The minimum absolute atomic E-state index is 0.0737. The van der Waals surface area contributed by atoms with E-state index >= 15 is 0 Å². The van der Waals surface area contributed by atoms with E-state index in [2.05, 4.69) is 4.98 Å². The van der Waals surface area contributed by atoms with Crippen molar-refractivity contribution in [3.05, 3.63) is 29.6 Å². The van der Waals surface area contributed by atoms with E-state index in [9.17, 15) is 48.9 Å². The Labute approximate surface area is 314 Å². The summed E-state index contributed by atoms with van der Waals surface area (Å²) in [6.45, 7) is 6.46. The summed E-state index contributed by atoms with van der Waals surface area (Å²) in [5.41, 5.74) is -12.7. The van der Waals surface area contributed by atoms with Crippen molar-refractivity contribution >= 4 is 41.8 Å². The van der Waals surface area contributed by atoms with Crippen LogP contribution in [-0.4, -0.2) is 134 Å². The maximum absolute atomic E-state index is 13.9. The summed E-state index contributed by atoms with van der Waals surface area (Å²) >= 11 is 0. The normalized spacial score (nSPS) is 39.5. The number of ether oxygens (including phenoxy) is 8. The lowest BCUT2D eigenvalue weighted by atomic mass is 9.45. The number of fused-ring (bicyclic) bond motifs is 5. The fraction of sp³-hybridized carbons (Fsp3) is 0.667. The van der Waals surface area contributed by atoms with E-state index in [1.54, 1.807) is 0 Å². The molecule has 0 unspecified atom stereocenters. The van der Waals surface area contributed by atoms with E-state index in [-0.39, 0.29) is 17.7 Å². The second-order valence-electron chi connectivity index (χ2n) is 15.0. The standard InChI is InChI=1S/C36H45NO18/c1-16(38)48-15-35-28(52-19(4)41)24(43)27-34(8,47)36(35)26(51-18(3)40)23(25(50-17(2)39)29(35)53-20(5)42)33(7,55-36)14-49-30(44)21-10-9-13-37-22(21)11-12-32(6,46)31(45)54-27/h9-10,13,23-29,43,46-47H,11-12,14-15H2,1-8H3/t23-,24+,25-,26+,27+,28-,29+,32+,33+,34+,35+,36+/m1/s1. The predicted molar refractivity (Wildman–Crippen MR) is 177 cm³/mol. The molecule has 3 heterocycles. The molecule has 302 valence electrons. The third kappa shape index (κ3) is 6.69. The van der Waals surface area contributed by atoms with Gasteiger partial charge in [-0.2, -0.15) is 0 Å². The third-order valence-corrected chi connectivity index (χ3v) is 10.9. The number of hydrogen-bond donors (Lipinski definition) is 3. The van der Waals surface area contributed by atoms with Crippen LogP contribution in [0.1, 0.15) is 77.9 Å². The minimum atomic E-state index is -2.89. The predicted octanol–water partition coefficient (Wildman–Crippen LogP) is -0.593. The molecule has 1 aromatic rings. The molecule has 19 nitrogen and oxygen atoms in total. The molecule has 0 aromatic carbocycles. The van der Waals surface area contributed by atoms with Gasteiger partial charge in [0, 0.05) is 40.8 Å². The quantitative estimate of drug-likeness (QED) is 0.240. The summed E-state index contributed by atoms with van der Waals surface area (Å²) in [5, 5.41) is 36.8. The molecule has 19 heteroatoms. The van der Waals surface area contributed by atoms with Crippen molar-refractivity contribution in [2.24, 2.45) is 11.3 Å². The van der Waals surface area contributed by atoms with Crippen LogP contribution in [0.25, 0.3) is 0 Å². The molecule has 4 bridgehead atoms. The Kier molecular flexibility index (Phi) is 10.9. The average molecular weight is 780 g/mol. The van der Waals surface area contributed by atoms with Gasteiger partial charge in [0.25, 0.3) is 0 Å². The monoisotopic (exact) mass is 779 g/mol. The number of aliphatic hydroxyl groups is 3. The maximum atomic E-state index is 13.9. The van der Waals surface area contributed by atoms with Crippen LogP contribution in [0.15, 0.2) is 18.3 Å². The molecule has 1 spiro atoms. The molecule has 0 amide bonds. The summed E-state index contributed by atoms with van der Waals surface area (Å²) in [4.78, 5) is 96.7. The van der Waals surface area contributed by atoms with Gasteiger partial charge in [-0.15, -0.1) is 0 Å². The number of aromatic nitrogens is 1. The highest BCUT2D eigenvalue weighted by molar-refractivity contribution is 5.90. The lowest BCUT2D eigenvalue weighted by Crippen LogP contribution is -2.89. The van der Waals surface area contributed by atoms with Crippen LogP contribution in [0.2, 0.25) is 0 Å². The molecule has 4 aliphatic rings. The zero-order chi connectivity index (χ0) is 41.1. The van der Waals surface area contributed by atoms with Gasteiger partial charge in [0.2, 0.25) is 0 Å². The van der Waals surface area contributed by atoms with Crippen molar-refractivity contribution in [2.45, 2.75) is 127 Å². The number of esters is 7. The minimum Gasteiger partial charge on any atom is -0.465 e. The van der Waals surface area contributed by atoms with Gasteiger partial charge in [-0.3, -0.25) is 29.0 Å². The summed E-state index contributed by atoms with van der Waals surface area (Å²) < 4.78 is 47.4. The Morgan fingerprint density at radius 2 is 1.44 bits per heavy atom. The number of carbonyl (C=O) groups is 7. The molecule has 3 fully saturated rings. The summed E-state index contributed by atoms with van der Waals surface area (Å²) in [5.74, 6) is -9.11. The number of hydrogen-bond acceptors (Lipinski definition) is 19. The first-order chi connectivity index (χ1) is 25.5. The molecule has 5 rings (SSSR count). The van der Waals surface area contributed by atoms with Gasteiger partial charge >= 0.3 is 41.8 Å². The summed E-state index contributed by atoms with van der Waals surface area (Å²) in [7, 11) is 0. The van der Waals surface area contributed by atoms with Crippen LogP contribution >= 0.6 is 0 Å². The SMILES string of the molecule is CC(=O)OC[C@@]12[C@H](OC(C)=O)[C@@H](O)[C@@H]3OC(=O)[C@@](C)(O)CCc4ncccc4C(=O)OC[C@]4(C)O[C@@]1([C@@H](OC(C)=O)[C@H]4[C@@H](OC(C)=O)[C@@H]2OC(C)=O)[C@@]3(C)O. The Morgan fingerprint density at radius 3 is 2.02 bits per heavy atom. The molecule has 3 N–H and O–H groups in total. The lowest BCUT2D eigenvalue weighted by molar-refractivity contribution is -0.387. The molecule has 2 aliphatic heterocycles. The Hall–Kier alpha value is -4.72. The topological polar surface area (TPSA) is 267 Å². The van der Waals surface area contributed by atoms with Crippen LogP contribution in [0.4, 0.5) is 0 Å². The van der Waals surface area contributed by atoms with Crippen LogP contribution in [0, 0.1) is 11.3 Å². The number of cyclic esters (lactones) is 1. The first-order valence-electron chi connectivity index (χ1n) is 17.4.